The number of piperidine rings is 1. The number of likely N-dealkylation sites (tertiary alicyclic amines) is 1. The van der Waals surface area contributed by atoms with Crippen molar-refractivity contribution in [3.8, 4) is 0 Å². The molecule has 0 aromatic carbocycles. The van der Waals surface area contributed by atoms with E-state index in [0.29, 0.717) is 6.04 Å². The van der Waals surface area contributed by atoms with Crippen molar-refractivity contribution in [3.63, 3.8) is 0 Å². The Morgan fingerprint density at radius 3 is 2.61 bits per heavy atom. The largest absolute Gasteiger partial charge is 0.337 e. The number of hydrogen-bond acceptors (Lipinski definition) is 4. The summed E-state index contributed by atoms with van der Waals surface area (Å²) in [7, 11) is 1.88. The summed E-state index contributed by atoms with van der Waals surface area (Å²) in [6.45, 7) is 6.32. The molecule has 3 heterocycles. The highest BCUT2D eigenvalue weighted by Gasteiger charge is 2.29. The second-order valence-electron chi connectivity index (χ2n) is 6.57. The molecule has 0 spiro atoms. The lowest BCUT2D eigenvalue weighted by Crippen LogP contribution is -2.49. The van der Waals surface area contributed by atoms with Crippen LogP contribution < -0.4 is 0 Å². The molecule has 5 nitrogen and oxygen atoms in total. The van der Waals surface area contributed by atoms with Crippen LogP contribution in [0.5, 0.6) is 0 Å². The van der Waals surface area contributed by atoms with Gasteiger partial charge in [0.2, 0.25) is 0 Å². The lowest BCUT2D eigenvalue weighted by atomic mass is 10.0. The highest BCUT2D eigenvalue weighted by atomic mass is 32.2. The van der Waals surface area contributed by atoms with E-state index in [9.17, 15) is 4.79 Å². The molecule has 0 radical (unpaired) electrons. The standard InChI is InChI=1S/C17H28N4OS/c1-3-4-14-13-16(19(2)18-14)17(22)21-7-5-15(6-8-21)20-9-11-23-12-10-20/h13,15H,3-12H2,1-2H3. The van der Waals surface area contributed by atoms with Crippen molar-refractivity contribution in [3.05, 3.63) is 17.5 Å². The number of rotatable bonds is 4. The van der Waals surface area contributed by atoms with Crippen molar-refractivity contribution in [1.82, 2.24) is 19.6 Å². The fourth-order valence-corrected chi connectivity index (χ4v) is 4.58. The van der Waals surface area contributed by atoms with Crippen LogP contribution in [0.25, 0.3) is 0 Å². The van der Waals surface area contributed by atoms with E-state index in [1.807, 2.05) is 18.0 Å². The van der Waals surface area contributed by atoms with Gasteiger partial charge in [-0.25, -0.2) is 0 Å². The molecule has 128 valence electrons. The zero-order valence-corrected chi connectivity index (χ0v) is 15.1. The fourth-order valence-electron chi connectivity index (χ4n) is 3.64. The van der Waals surface area contributed by atoms with Gasteiger partial charge < -0.3 is 4.90 Å². The number of nitrogens with zero attached hydrogens (tertiary/aromatic N) is 4. The molecule has 0 N–H and O–H groups in total. The normalized spacial score (nSPS) is 20.9. The van der Waals surface area contributed by atoms with Crippen LogP contribution in [0.2, 0.25) is 0 Å². The fraction of sp³-hybridized carbons (Fsp3) is 0.765. The maximum absolute atomic E-state index is 12.8. The molecule has 0 atom stereocenters. The van der Waals surface area contributed by atoms with Crippen LogP contribution in [0.1, 0.15) is 42.4 Å². The van der Waals surface area contributed by atoms with E-state index in [2.05, 4.69) is 28.7 Å². The average Bonchev–Trinajstić information content (AvgIpc) is 2.96. The summed E-state index contributed by atoms with van der Waals surface area (Å²) in [6.07, 6.45) is 4.21. The van der Waals surface area contributed by atoms with Crippen LogP contribution in [0.4, 0.5) is 0 Å². The van der Waals surface area contributed by atoms with Crippen molar-refractivity contribution < 1.29 is 4.79 Å². The molecule has 2 aliphatic heterocycles. The summed E-state index contributed by atoms with van der Waals surface area (Å²) < 4.78 is 1.75. The van der Waals surface area contributed by atoms with E-state index in [-0.39, 0.29) is 5.91 Å². The SMILES string of the molecule is CCCc1cc(C(=O)N2CCC(N3CCSCC3)CC2)n(C)n1. The summed E-state index contributed by atoms with van der Waals surface area (Å²) >= 11 is 2.06. The van der Waals surface area contributed by atoms with Gasteiger partial charge in [0.25, 0.3) is 5.91 Å². The third-order valence-electron chi connectivity index (χ3n) is 4.97. The van der Waals surface area contributed by atoms with Crippen molar-refractivity contribution >= 4 is 17.7 Å². The monoisotopic (exact) mass is 336 g/mol. The molecular weight excluding hydrogens is 308 g/mol. The average molecular weight is 337 g/mol. The smallest absolute Gasteiger partial charge is 0.272 e. The van der Waals surface area contributed by atoms with Crippen LogP contribution >= 0.6 is 11.8 Å². The minimum absolute atomic E-state index is 0.148. The molecule has 2 aliphatic rings. The molecule has 2 saturated heterocycles. The van der Waals surface area contributed by atoms with Gasteiger partial charge in [-0.15, -0.1) is 0 Å². The van der Waals surface area contributed by atoms with Crippen LogP contribution in [0, 0.1) is 0 Å². The number of aryl methyl sites for hydroxylation is 2. The van der Waals surface area contributed by atoms with Gasteiger partial charge in [-0.05, 0) is 25.3 Å². The lowest BCUT2D eigenvalue weighted by Gasteiger charge is -2.40. The van der Waals surface area contributed by atoms with Gasteiger partial charge in [-0.3, -0.25) is 14.4 Å². The summed E-state index contributed by atoms with van der Waals surface area (Å²) in [5, 5.41) is 4.46. The van der Waals surface area contributed by atoms with Gasteiger partial charge in [0.15, 0.2) is 0 Å². The Balaban J connectivity index is 1.57. The third-order valence-corrected chi connectivity index (χ3v) is 5.91. The van der Waals surface area contributed by atoms with Crippen molar-refractivity contribution in [2.24, 2.45) is 7.05 Å². The molecule has 1 aromatic rings. The number of hydrogen-bond donors (Lipinski definition) is 0. The third kappa shape index (κ3) is 3.91. The Morgan fingerprint density at radius 2 is 1.96 bits per heavy atom. The van der Waals surface area contributed by atoms with E-state index < -0.39 is 0 Å². The molecule has 3 rings (SSSR count). The first kappa shape index (κ1) is 16.8. The van der Waals surface area contributed by atoms with Gasteiger partial charge in [-0.1, -0.05) is 13.3 Å². The number of thioether (sulfide) groups is 1. The van der Waals surface area contributed by atoms with E-state index in [4.69, 9.17) is 0 Å². The van der Waals surface area contributed by atoms with Gasteiger partial charge in [-0.2, -0.15) is 16.9 Å². The zero-order chi connectivity index (χ0) is 16.2. The van der Waals surface area contributed by atoms with E-state index in [1.165, 1.54) is 24.6 Å². The summed E-state index contributed by atoms with van der Waals surface area (Å²) in [5.41, 5.74) is 1.76. The first-order chi connectivity index (χ1) is 11.2. The molecule has 0 saturated carbocycles. The van der Waals surface area contributed by atoms with E-state index in [1.54, 1.807) is 4.68 Å². The van der Waals surface area contributed by atoms with Gasteiger partial charge >= 0.3 is 0 Å². The molecule has 0 unspecified atom stereocenters. The first-order valence-corrected chi connectivity index (χ1v) is 9.98. The maximum atomic E-state index is 12.8. The molecule has 2 fully saturated rings. The van der Waals surface area contributed by atoms with Crippen molar-refractivity contribution in [2.75, 3.05) is 37.7 Å². The Bertz CT molecular complexity index is 531. The van der Waals surface area contributed by atoms with Gasteiger partial charge in [0.1, 0.15) is 5.69 Å². The van der Waals surface area contributed by atoms with Gasteiger partial charge in [0.05, 0.1) is 5.69 Å². The Kier molecular flexibility index (Phi) is 5.64. The number of carbonyl (C=O) groups excluding carboxylic acids is 1. The molecule has 1 amide bonds. The number of carbonyl (C=O) groups is 1. The van der Waals surface area contributed by atoms with E-state index >= 15 is 0 Å². The molecular formula is C17H28N4OS. The van der Waals surface area contributed by atoms with Crippen molar-refractivity contribution in [2.45, 2.75) is 38.6 Å². The van der Waals surface area contributed by atoms with Crippen molar-refractivity contribution in [1.29, 1.82) is 0 Å². The first-order valence-electron chi connectivity index (χ1n) is 8.83. The lowest BCUT2D eigenvalue weighted by molar-refractivity contribution is 0.0620. The minimum Gasteiger partial charge on any atom is -0.337 e. The Hall–Kier alpha value is -1.01. The maximum Gasteiger partial charge on any atom is 0.272 e. The van der Waals surface area contributed by atoms with Crippen LogP contribution in [-0.4, -0.2) is 69.2 Å². The highest BCUT2D eigenvalue weighted by Crippen LogP contribution is 2.21. The Morgan fingerprint density at radius 1 is 1.26 bits per heavy atom. The Labute approximate surface area is 143 Å². The molecule has 0 bridgehead atoms. The van der Waals surface area contributed by atoms with Gasteiger partial charge in [0, 0.05) is 50.8 Å². The van der Waals surface area contributed by atoms with Crippen LogP contribution in [0.3, 0.4) is 0 Å². The second-order valence-corrected chi connectivity index (χ2v) is 7.79. The topological polar surface area (TPSA) is 41.4 Å². The summed E-state index contributed by atoms with van der Waals surface area (Å²) in [5.74, 6) is 2.66. The summed E-state index contributed by atoms with van der Waals surface area (Å²) in [4.78, 5) is 17.4. The van der Waals surface area contributed by atoms with Crippen LogP contribution in [0.15, 0.2) is 6.07 Å². The summed E-state index contributed by atoms with van der Waals surface area (Å²) in [6, 6.07) is 2.64. The predicted molar refractivity (Wildman–Crippen MR) is 95.0 cm³/mol. The molecule has 6 heteroatoms. The van der Waals surface area contributed by atoms with E-state index in [0.717, 1.165) is 50.2 Å². The zero-order valence-electron chi connectivity index (χ0n) is 14.3. The molecule has 23 heavy (non-hydrogen) atoms. The highest BCUT2D eigenvalue weighted by molar-refractivity contribution is 7.99. The number of amides is 1. The number of aromatic nitrogens is 2. The molecule has 0 aliphatic carbocycles. The molecule has 1 aromatic heterocycles. The predicted octanol–water partition coefficient (Wildman–Crippen LogP) is 2.03. The quantitative estimate of drug-likeness (QED) is 0.844. The minimum atomic E-state index is 0.148. The van der Waals surface area contributed by atoms with Crippen LogP contribution in [-0.2, 0) is 13.5 Å². The second kappa shape index (κ2) is 7.71.